The van der Waals surface area contributed by atoms with Gasteiger partial charge in [0.05, 0.1) is 5.60 Å². The van der Waals surface area contributed by atoms with E-state index in [-0.39, 0.29) is 11.9 Å². The molecule has 4 N–H and O–H groups in total. The van der Waals surface area contributed by atoms with E-state index in [0.29, 0.717) is 18.3 Å². The molecule has 174 valence electrons. The average molecular weight is 436 g/mol. The fourth-order valence-corrected chi connectivity index (χ4v) is 6.85. The normalized spacial score (nSPS) is 35.9. The highest BCUT2D eigenvalue weighted by molar-refractivity contribution is 5.91. The number of alkyl carbamates (subject to hydrolysis) is 1. The first-order valence-corrected chi connectivity index (χ1v) is 11.6. The number of carbonyl (C=O) groups is 3. The second-order valence-corrected chi connectivity index (χ2v) is 11.7. The number of ether oxygens (including phenoxy) is 1. The Bertz CT molecular complexity index is 758. The molecule has 8 heteroatoms. The van der Waals surface area contributed by atoms with E-state index in [9.17, 15) is 19.5 Å². The number of primary amides is 1. The summed E-state index contributed by atoms with van der Waals surface area (Å²) < 4.78 is 5.50. The topological polar surface area (TPSA) is 122 Å². The van der Waals surface area contributed by atoms with Crippen molar-refractivity contribution >= 4 is 17.9 Å². The van der Waals surface area contributed by atoms with Gasteiger partial charge in [0.25, 0.3) is 0 Å². The standard InChI is InChI=1S/C23H37N3O5/c1-13(18(24)27)26(16-5-6-16)19(28)17(25-20(29)31-21(2,3)4)22-8-14-7-15(9-22)11-23(30,10-14)12-22/h13-17,30H,5-12H2,1-4H3,(H2,24,27)(H,25,29)/t13-,14?,15?,17?,22?,23?/m0/s1. The van der Waals surface area contributed by atoms with Crippen LogP contribution in [-0.2, 0) is 14.3 Å². The van der Waals surface area contributed by atoms with Gasteiger partial charge in [-0.05, 0) is 90.9 Å². The number of hydrogen-bond acceptors (Lipinski definition) is 5. The third-order valence-corrected chi connectivity index (χ3v) is 7.62. The molecule has 4 atom stereocenters. The van der Waals surface area contributed by atoms with Crippen LogP contribution in [0.1, 0.15) is 79.1 Å². The summed E-state index contributed by atoms with van der Waals surface area (Å²) in [6.07, 6.45) is 5.68. The van der Waals surface area contributed by atoms with Crippen LogP contribution in [0.2, 0.25) is 0 Å². The number of amides is 3. The number of nitrogens with zero attached hydrogens (tertiary/aromatic N) is 1. The van der Waals surface area contributed by atoms with Crippen LogP contribution < -0.4 is 11.1 Å². The summed E-state index contributed by atoms with van der Waals surface area (Å²) in [7, 11) is 0. The lowest BCUT2D eigenvalue weighted by Gasteiger charge is -2.62. The van der Waals surface area contributed by atoms with Crippen molar-refractivity contribution in [3.05, 3.63) is 0 Å². The van der Waals surface area contributed by atoms with Gasteiger partial charge in [-0.3, -0.25) is 9.59 Å². The van der Waals surface area contributed by atoms with Gasteiger partial charge < -0.3 is 25.8 Å². The highest BCUT2D eigenvalue weighted by Crippen LogP contribution is 2.63. The number of aliphatic hydroxyl groups is 1. The van der Waals surface area contributed by atoms with Crippen molar-refractivity contribution in [1.29, 1.82) is 0 Å². The molecule has 0 aromatic heterocycles. The predicted molar refractivity (Wildman–Crippen MR) is 114 cm³/mol. The molecular weight excluding hydrogens is 398 g/mol. The maximum atomic E-state index is 14.0. The Balaban J connectivity index is 1.67. The Hall–Kier alpha value is -1.83. The monoisotopic (exact) mass is 435 g/mol. The van der Waals surface area contributed by atoms with Gasteiger partial charge in [0, 0.05) is 11.5 Å². The van der Waals surface area contributed by atoms with Crippen molar-refractivity contribution in [3.8, 4) is 0 Å². The Kier molecular flexibility index (Phi) is 5.31. The van der Waals surface area contributed by atoms with E-state index < -0.39 is 40.7 Å². The summed E-state index contributed by atoms with van der Waals surface area (Å²) in [5.74, 6) is -0.125. The van der Waals surface area contributed by atoms with Crippen LogP contribution in [0.25, 0.3) is 0 Å². The molecule has 5 aliphatic rings. The number of hydrogen-bond donors (Lipinski definition) is 3. The SMILES string of the molecule is C[C@@H](C(N)=O)N(C(=O)C(NC(=O)OC(C)(C)C)C12CC3CC(CC(O)(C3)C1)C2)C1CC1. The molecule has 31 heavy (non-hydrogen) atoms. The molecule has 0 spiro atoms. The molecule has 0 heterocycles. The molecule has 3 unspecified atom stereocenters. The number of carbonyl (C=O) groups excluding carboxylic acids is 3. The van der Waals surface area contributed by atoms with Crippen LogP contribution in [-0.4, -0.2) is 57.2 Å². The molecular formula is C23H37N3O5. The first-order chi connectivity index (χ1) is 14.3. The molecule has 0 aromatic carbocycles. The molecule has 5 saturated carbocycles. The van der Waals surface area contributed by atoms with Crippen LogP contribution in [0.3, 0.4) is 0 Å². The van der Waals surface area contributed by atoms with Crippen LogP contribution >= 0.6 is 0 Å². The second-order valence-electron chi connectivity index (χ2n) is 11.7. The molecule has 0 radical (unpaired) electrons. The molecule has 5 rings (SSSR count). The lowest BCUT2D eigenvalue weighted by Crippen LogP contribution is -2.67. The van der Waals surface area contributed by atoms with Gasteiger partial charge in [0.2, 0.25) is 11.8 Å². The summed E-state index contributed by atoms with van der Waals surface area (Å²) in [5.41, 5.74) is 3.56. The summed E-state index contributed by atoms with van der Waals surface area (Å²) in [4.78, 5) is 40.3. The van der Waals surface area contributed by atoms with Crippen molar-refractivity contribution in [1.82, 2.24) is 10.2 Å². The minimum Gasteiger partial charge on any atom is -0.444 e. The maximum absolute atomic E-state index is 14.0. The molecule has 5 fully saturated rings. The first kappa shape index (κ1) is 22.4. The van der Waals surface area contributed by atoms with E-state index in [1.807, 2.05) is 0 Å². The molecule has 0 aliphatic heterocycles. The quantitative estimate of drug-likeness (QED) is 0.590. The van der Waals surface area contributed by atoms with Crippen molar-refractivity contribution in [2.45, 2.75) is 108 Å². The van der Waals surface area contributed by atoms with E-state index in [1.54, 1.807) is 32.6 Å². The van der Waals surface area contributed by atoms with E-state index in [4.69, 9.17) is 10.5 Å². The van der Waals surface area contributed by atoms with E-state index in [2.05, 4.69) is 5.32 Å². The van der Waals surface area contributed by atoms with Gasteiger partial charge in [0.1, 0.15) is 17.7 Å². The van der Waals surface area contributed by atoms with Crippen molar-refractivity contribution in [3.63, 3.8) is 0 Å². The fraction of sp³-hybridized carbons (Fsp3) is 0.870. The lowest BCUT2D eigenvalue weighted by atomic mass is 9.46. The molecule has 0 saturated heterocycles. The molecule has 3 amide bonds. The Morgan fingerprint density at radius 2 is 1.71 bits per heavy atom. The predicted octanol–water partition coefficient (Wildman–Crippen LogP) is 2.08. The average Bonchev–Trinajstić information content (AvgIpc) is 3.40. The zero-order valence-electron chi connectivity index (χ0n) is 19.1. The van der Waals surface area contributed by atoms with Gasteiger partial charge in [-0.1, -0.05) is 0 Å². The lowest BCUT2D eigenvalue weighted by molar-refractivity contribution is -0.181. The summed E-state index contributed by atoms with van der Waals surface area (Å²) >= 11 is 0. The zero-order valence-corrected chi connectivity index (χ0v) is 19.1. The van der Waals surface area contributed by atoms with E-state index in [0.717, 1.165) is 44.9 Å². The van der Waals surface area contributed by atoms with Crippen LogP contribution in [0, 0.1) is 17.3 Å². The summed E-state index contributed by atoms with van der Waals surface area (Å²) in [5, 5.41) is 14.1. The molecule has 0 aromatic rings. The number of nitrogens with two attached hydrogens (primary N) is 1. The highest BCUT2D eigenvalue weighted by atomic mass is 16.6. The van der Waals surface area contributed by atoms with Crippen molar-refractivity contribution < 1.29 is 24.2 Å². The maximum Gasteiger partial charge on any atom is 0.408 e. The molecule has 8 nitrogen and oxygen atoms in total. The van der Waals surface area contributed by atoms with Gasteiger partial charge in [0.15, 0.2) is 0 Å². The summed E-state index contributed by atoms with van der Waals surface area (Å²) in [6, 6.07) is -1.63. The van der Waals surface area contributed by atoms with Crippen LogP contribution in [0.15, 0.2) is 0 Å². The van der Waals surface area contributed by atoms with Gasteiger partial charge in [-0.25, -0.2) is 4.79 Å². The molecule has 5 aliphatic carbocycles. The van der Waals surface area contributed by atoms with Crippen LogP contribution in [0.4, 0.5) is 4.79 Å². The third kappa shape index (κ3) is 4.41. The van der Waals surface area contributed by atoms with Gasteiger partial charge >= 0.3 is 6.09 Å². The van der Waals surface area contributed by atoms with Gasteiger partial charge in [-0.2, -0.15) is 0 Å². The Morgan fingerprint density at radius 3 is 2.16 bits per heavy atom. The van der Waals surface area contributed by atoms with Crippen molar-refractivity contribution in [2.24, 2.45) is 23.0 Å². The third-order valence-electron chi connectivity index (χ3n) is 7.62. The summed E-state index contributed by atoms with van der Waals surface area (Å²) in [6.45, 7) is 6.99. The van der Waals surface area contributed by atoms with E-state index in [1.165, 1.54) is 0 Å². The minimum atomic E-state index is -0.845. The Labute approximate surface area is 184 Å². The van der Waals surface area contributed by atoms with E-state index >= 15 is 0 Å². The first-order valence-electron chi connectivity index (χ1n) is 11.6. The smallest absolute Gasteiger partial charge is 0.408 e. The fourth-order valence-electron chi connectivity index (χ4n) is 6.85. The number of nitrogens with one attached hydrogen (secondary N) is 1. The van der Waals surface area contributed by atoms with Crippen LogP contribution in [0.5, 0.6) is 0 Å². The van der Waals surface area contributed by atoms with Gasteiger partial charge in [-0.15, -0.1) is 0 Å². The van der Waals surface area contributed by atoms with Crippen molar-refractivity contribution in [2.75, 3.05) is 0 Å². The number of rotatable bonds is 6. The highest BCUT2D eigenvalue weighted by Gasteiger charge is 2.62. The largest absolute Gasteiger partial charge is 0.444 e. The zero-order chi connectivity index (χ0) is 22.8. The minimum absolute atomic E-state index is 0.0325. The Morgan fingerprint density at radius 1 is 1.13 bits per heavy atom. The second kappa shape index (κ2) is 7.36. The molecule has 4 bridgehead atoms.